The van der Waals surface area contributed by atoms with Crippen LogP contribution in [0.25, 0.3) is 0 Å². The molecule has 1 aliphatic rings. The Balaban J connectivity index is 1.83. The van der Waals surface area contributed by atoms with Crippen molar-refractivity contribution in [3.05, 3.63) is 23.8 Å². The predicted molar refractivity (Wildman–Crippen MR) is 80.1 cm³/mol. The van der Waals surface area contributed by atoms with Crippen molar-refractivity contribution >= 4 is 5.69 Å². The van der Waals surface area contributed by atoms with Crippen LogP contribution in [0.2, 0.25) is 0 Å². The summed E-state index contributed by atoms with van der Waals surface area (Å²) in [6.45, 7) is 6.44. The second-order valence-electron chi connectivity index (χ2n) is 5.10. The molecule has 0 saturated carbocycles. The highest BCUT2D eigenvalue weighted by Gasteiger charge is 2.13. The van der Waals surface area contributed by atoms with E-state index >= 15 is 0 Å². The number of anilines is 1. The number of likely N-dealkylation sites (N-methyl/N-ethyl adjacent to an activating group) is 1. The van der Waals surface area contributed by atoms with Crippen LogP contribution in [0, 0.1) is 11.3 Å². The number of benzene rings is 1. The van der Waals surface area contributed by atoms with Crippen molar-refractivity contribution < 1.29 is 4.74 Å². The lowest BCUT2D eigenvalue weighted by Gasteiger charge is -2.32. The number of piperazine rings is 1. The molecule has 20 heavy (non-hydrogen) atoms. The van der Waals surface area contributed by atoms with E-state index in [2.05, 4.69) is 28.2 Å². The first-order chi connectivity index (χ1) is 9.72. The van der Waals surface area contributed by atoms with Crippen LogP contribution in [-0.4, -0.2) is 63.2 Å². The third-order valence-electron chi connectivity index (χ3n) is 3.67. The third-order valence-corrected chi connectivity index (χ3v) is 3.67. The van der Waals surface area contributed by atoms with Crippen molar-refractivity contribution in [3.8, 4) is 11.8 Å². The van der Waals surface area contributed by atoms with Crippen molar-refractivity contribution in [2.24, 2.45) is 0 Å². The molecule has 1 aliphatic heterocycles. The average Bonchev–Trinajstić information content (AvgIpc) is 2.49. The molecule has 0 atom stereocenters. The third kappa shape index (κ3) is 3.86. The van der Waals surface area contributed by atoms with Crippen LogP contribution in [0.15, 0.2) is 18.2 Å². The molecule has 108 valence electrons. The molecule has 1 aromatic carbocycles. The number of hydrogen-bond acceptors (Lipinski definition) is 5. The average molecular weight is 274 g/mol. The molecule has 1 N–H and O–H groups in total. The molecule has 5 nitrogen and oxygen atoms in total. The van der Waals surface area contributed by atoms with Crippen molar-refractivity contribution in [3.63, 3.8) is 0 Å². The summed E-state index contributed by atoms with van der Waals surface area (Å²) in [5, 5.41) is 12.3. The minimum atomic E-state index is 0.617. The van der Waals surface area contributed by atoms with Crippen LogP contribution < -0.4 is 10.1 Å². The van der Waals surface area contributed by atoms with Gasteiger partial charge in [0, 0.05) is 45.3 Å². The van der Waals surface area contributed by atoms with E-state index in [-0.39, 0.29) is 0 Å². The minimum Gasteiger partial charge on any atom is -0.495 e. The number of rotatable bonds is 5. The summed E-state index contributed by atoms with van der Waals surface area (Å²) in [6, 6.07) is 7.59. The van der Waals surface area contributed by atoms with E-state index < -0.39 is 0 Å². The lowest BCUT2D eigenvalue weighted by molar-refractivity contribution is 0.158. The van der Waals surface area contributed by atoms with E-state index in [9.17, 15) is 0 Å². The number of methoxy groups -OCH3 is 1. The lowest BCUT2D eigenvalue weighted by atomic mass is 10.2. The van der Waals surface area contributed by atoms with Gasteiger partial charge in [0.2, 0.25) is 0 Å². The van der Waals surface area contributed by atoms with Gasteiger partial charge in [0.05, 0.1) is 24.4 Å². The molecule has 5 heteroatoms. The van der Waals surface area contributed by atoms with E-state index in [0.29, 0.717) is 5.56 Å². The minimum absolute atomic E-state index is 0.617. The van der Waals surface area contributed by atoms with Crippen LogP contribution in [0.1, 0.15) is 5.56 Å². The first-order valence-electron chi connectivity index (χ1n) is 6.96. The fraction of sp³-hybridized carbons (Fsp3) is 0.533. The van der Waals surface area contributed by atoms with Gasteiger partial charge < -0.3 is 15.0 Å². The van der Waals surface area contributed by atoms with E-state index in [0.717, 1.165) is 50.7 Å². The maximum absolute atomic E-state index is 8.88. The molecule has 1 aromatic rings. The van der Waals surface area contributed by atoms with Crippen LogP contribution >= 0.6 is 0 Å². The van der Waals surface area contributed by atoms with Gasteiger partial charge in [-0.05, 0) is 19.2 Å². The summed E-state index contributed by atoms with van der Waals surface area (Å²) in [5.41, 5.74) is 1.56. The second-order valence-corrected chi connectivity index (χ2v) is 5.10. The van der Waals surface area contributed by atoms with Gasteiger partial charge in [0.15, 0.2) is 0 Å². The van der Waals surface area contributed by atoms with E-state index in [1.807, 2.05) is 6.07 Å². The quantitative estimate of drug-likeness (QED) is 0.875. The SMILES string of the molecule is COc1cc(C#N)ccc1NCCN1CCN(C)CC1. The molecule has 0 amide bonds. The number of nitriles is 1. The van der Waals surface area contributed by atoms with Gasteiger partial charge in [-0.3, -0.25) is 4.90 Å². The molecule has 1 fully saturated rings. The monoisotopic (exact) mass is 274 g/mol. The van der Waals surface area contributed by atoms with Crippen LogP contribution in [0.5, 0.6) is 5.75 Å². The van der Waals surface area contributed by atoms with Gasteiger partial charge in [-0.1, -0.05) is 0 Å². The normalized spacial score (nSPS) is 16.6. The summed E-state index contributed by atoms with van der Waals surface area (Å²) < 4.78 is 5.31. The molecule has 0 radical (unpaired) electrons. The Morgan fingerprint density at radius 2 is 2.05 bits per heavy atom. The summed E-state index contributed by atoms with van der Waals surface area (Å²) >= 11 is 0. The Kier molecular flexibility index (Phi) is 5.22. The zero-order valence-corrected chi connectivity index (χ0v) is 12.2. The van der Waals surface area contributed by atoms with E-state index in [4.69, 9.17) is 10.00 Å². The van der Waals surface area contributed by atoms with Gasteiger partial charge in [0.25, 0.3) is 0 Å². The summed E-state index contributed by atoms with van der Waals surface area (Å²) in [6.07, 6.45) is 0. The number of hydrogen-bond donors (Lipinski definition) is 1. The highest BCUT2D eigenvalue weighted by atomic mass is 16.5. The van der Waals surface area contributed by atoms with Crippen molar-refractivity contribution in [2.45, 2.75) is 0 Å². The Morgan fingerprint density at radius 3 is 2.70 bits per heavy atom. The van der Waals surface area contributed by atoms with Gasteiger partial charge in [-0.25, -0.2) is 0 Å². The fourth-order valence-corrected chi connectivity index (χ4v) is 2.33. The van der Waals surface area contributed by atoms with Crippen LogP contribution in [0.3, 0.4) is 0 Å². The Morgan fingerprint density at radius 1 is 1.30 bits per heavy atom. The molecular weight excluding hydrogens is 252 g/mol. The molecule has 0 aromatic heterocycles. The van der Waals surface area contributed by atoms with Gasteiger partial charge in [-0.15, -0.1) is 0 Å². The number of ether oxygens (including phenoxy) is 1. The second kappa shape index (κ2) is 7.13. The summed E-state index contributed by atoms with van der Waals surface area (Å²) in [7, 11) is 3.79. The van der Waals surface area contributed by atoms with Gasteiger partial charge in [0.1, 0.15) is 5.75 Å². The Hall–Kier alpha value is -1.77. The zero-order valence-electron chi connectivity index (χ0n) is 12.2. The first kappa shape index (κ1) is 14.6. The molecule has 1 heterocycles. The van der Waals surface area contributed by atoms with Crippen molar-refractivity contribution in [2.75, 3.05) is 58.7 Å². The van der Waals surface area contributed by atoms with Gasteiger partial charge >= 0.3 is 0 Å². The van der Waals surface area contributed by atoms with Crippen LogP contribution in [0.4, 0.5) is 5.69 Å². The largest absolute Gasteiger partial charge is 0.495 e. The molecule has 0 unspecified atom stereocenters. The topological polar surface area (TPSA) is 51.5 Å². The maximum atomic E-state index is 8.88. The summed E-state index contributed by atoms with van der Waals surface area (Å²) in [5.74, 6) is 0.724. The smallest absolute Gasteiger partial charge is 0.143 e. The molecule has 0 bridgehead atoms. The number of nitrogens with zero attached hydrogens (tertiary/aromatic N) is 3. The van der Waals surface area contributed by atoms with E-state index in [1.54, 1.807) is 19.2 Å². The summed E-state index contributed by atoms with van der Waals surface area (Å²) in [4.78, 5) is 4.82. The first-order valence-corrected chi connectivity index (χ1v) is 6.96. The standard InChI is InChI=1S/C15H22N4O/c1-18-7-9-19(10-8-18)6-5-17-14-4-3-13(12-16)11-15(14)20-2/h3-4,11,17H,5-10H2,1-2H3. The molecule has 0 spiro atoms. The zero-order chi connectivity index (χ0) is 14.4. The maximum Gasteiger partial charge on any atom is 0.143 e. The Bertz CT molecular complexity index is 475. The number of nitrogens with one attached hydrogen (secondary N) is 1. The lowest BCUT2D eigenvalue weighted by Crippen LogP contribution is -2.45. The molecule has 1 saturated heterocycles. The highest BCUT2D eigenvalue weighted by Crippen LogP contribution is 2.24. The Labute approximate surface area is 120 Å². The van der Waals surface area contributed by atoms with Crippen molar-refractivity contribution in [1.29, 1.82) is 5.26 Å². The van der Waals surface area contributed by atoms with E-state index in [1.165, 1.54) is 0 Å². The predicted octanol–water partition coefficient (Wildman–Crippen LogP) is 1.23. The van der Waals surface area contributed by atoms with Gasteiger partial charge in [-0.2, -0.15) is 5.26 Å². The fourth-order valence-electron chi connectivity index (χ4n) is 2.33. The molecular formula is C15H22N4O. The van der Waals surface area contributed by atoms with Crippen molar-refractivity contribution in [1.82, 2.24) is 9.80 Å². The van der Waals surface area contributed by atoms with Crippen LogP contribution in [-0.2, 0) is 0 Å². The molecule has 2 rings (SSSR count). The molecule has 0 aliphatic carbocycles. The highest BCUT2D eigenvalue weighted by molar-refractivity contribution is 5.59.